The van der Waals surface area contributed by atoms with Crippen LogP contribution in [-0.4, -0.2) is 67.7 Å². The molecule has 1 saturated heterocycles. The number of H-pyrrole nitrogens is 1. The van der Waals surface area contributed by atoms with Crippen LogP contribution in [0.4, 0.5) is 11.5 Å². The highest BCUT2D eigenvalue weighted by Crippen LogP contribution is 2.25. The van der Waals surface area contributed by atoms with Crippen molar-refractivity contribution in [2.24, 2.45) is 0 Å². The summed E-state index contributed by atoms with van der Waals surface area (Å²) in [7, 11) is -3.34. The number of amides is 1. The van der Waals surface area contributed by atoms with Crippen LogP contribution in [0.1, 0.15) is 42.5 Å². The smallest absolute Gasteiger partial charge is 0.270 e. The first-order valence-electron chi connectivity index (χ1n) is 10.6. The Morgan fingerprint density at radius 1 is 1.25 bits per heavy atom. The molecular formula is C22H32N6O3S. The Balaban J connectivity index is 1.67. The molecule has 10 heteroatoms. The standard InChI is InChI=1S/C22H32N6O3S/c1-15(2)24-19-7-6-8-23-21(19)27-9-11-28(12-10-27)22(29)20-14-18(17(4)25-20)13-16(3)26-32(5,30)31/h6-8,13-15,24-26H,9-12H2,1-5H3/b16-13+. The number of rotatable bonds is 7. The number of aryl methyl sites for hydroxylation is 1. The zero-order valence-corrected chi connectivity index (χ0v) is 20.1. The van der Waals surface area contributed by atoms with Gasteiger partial charge in [-0.25, -0.2) is 13.4 Å². The molecule has 3 rings (SSSR count). The molecule has 0 spiro atoms. The van der Waals surface area contributed by atoms with Gasteiger partial charge in [0.15, 0.2) is 5.82 Å². The van der Waals surface area contributed by atoms with E-state index in [1.807, 2.05) is 24.0 Å². The lowest BCUT2D eigenvalue weighted by molar-refractivity contribution is 0.0741. The van der Waals surface area contributed by atoms with Crippen molar-refractivity contribution in [3.8, 4) is 0 Å². The zero-order chi connectivity index (χ0) is 23.5. The Kier molecular flexibility index (Phi) is 7.12. The molecule has 0 atom stereocenters. The van der Waals surface area contributed by atoms with Crippen LogP contribution in [0.2, 0.25) is 0 Å². The normalized spacial score (nSPS) is 15.2. The van der Waals surface area contributed by atoms with E-state index in [-0.39, 0.29) is 5.91 Å². The molecule has 1 aliphatic heterocycles. The Bertz CT molecular complexity index is 1100. The van der Waals surface area contributed by atoms with Crippen LogP contribution in [0, 0.1) is 6.92 Å². The molecule has 0 unspecified atom stereocenters. The van der Waals surface area contributed by atoms with Crippen molar-refractivity contribution in [2.75, 3.05) is 42.7 Å². The van der Waals surface area contributed by atoms with Gasteiger partial charge in [0.25, 0.3) is 5.91 Å². The number of nitrogens with zero attached hydrogens (tertiary/aromatic N) is 3. The van der Waals surface area contributed by atoms with Gasteiger partial charge in [0.05, 0.1) is 11.9 Å². The topological polar surface area (TPSA) is 110 Å². The van der Waals surface area contributed by atoms with Gasteiger partial charge in [-0.15, -0.1) is 0 Å². The van der Waals surface area contributed by atoms with Gasteiger partial charge in [-0.1, -0.05) is 0 Å². The summed E-state index contributed by atoms with van der Waals surface area (Å²) in [5, 5.41) is 3.43. The van der Waals surface area contributed by atoms with E-state index >= 15 is 0 Å². The van der Waals surface area contributed by atoms with Gasteiger partial charge in [0.1, 0.15) is 5.69 Å². The van der Waals surface area contributed by atoms with Crippen LogP contribution in [0.3, 0.4) is 0 Å². The zero-order valence-electron chi connectivity index (χ0n) is 19.3. The van der Waals surface area contributed by atoms with Crippen molar-refractivity contribution in [3.63, 3.8) is 0 Å². The summed E-state index contributed by atoms with van der Waals surface area (Å²) >= 11 is 0. The molecular weight excluding hydrogens is 428 g/mol. The fourth-order valence-corrected chi connectivity index (χ4v) is 4.40. The predicted molar refractivity (Wildman–Crippen MR) is 128 cm³/mol. The minimum Gasteiger partial charge on any atom is -0.380 e. The Labute approximate surface area is 190 Å². The summed E-state index contributed by atoms with van der Waals surface area (Å²) in [6, 6.07) is 6.01. The maximum atomic E-state index is 13.1. The van der Waals surface area contributed by atoms with E-state index in [9.17, 15) is 13.2 Å². The van der Waals surface area contributed by atoms with E-state index in [1.165, 1.54) is 0 Å². The van der Waals surface area contributed by atoms with Crippen molar-refractivity contribution in [3.05, 3.63) is 47.0 Å². The van der Waals surface area contributed by atoms with Crippen LogP contribution in [0.25, 0.3) is 6.08 Å². The Morgan fingerprint density at radius 2 is 1.94 bits per heavy atom. The molecule has 32 heavy (non-hydrogen) atoms. The number of piperazine rings is 1. The van der Waals surface area contributed by atoms with Crippen LogP contribution in [0.15, 0.2) is 30.1 Å². The number of hydrogen-bond acceptors (Lipinski definition) is 6. The Hall–Kier alpha value is -3.01. The number of hydrogen-bond donors (Lipinski definition) is 3. The minimum absolute atomic E-state index is 0.0670. The number of sulfonamides is 1. The summed E-state index contributed by atoms with van der Waals surface area (Å²) < 4.78 is 25.3. The van der Waals surface area contributed by atoms with Gasteiger partial charge >= 0.3 is 0 Å². The Morgan fingerprint density at radius 3 is 2.56 bits per heavy atom. The highest BCUT2D eigenvalue weighted by Gasteiger charge is 2.25. The van der Waals surface area contributed by atoms with Gasteiger partial charge in [0.2, 0.25) is 10.0 Å². The van der Waals surface area contributed by atoms with Crippen molar-refractivity contribution < 1.29 is 13.2 Å². The highest BCUT2D eigenvalue weighted by molar-refractivity contribution is 7.88. The first-order chi connectivity index (χ1) is 15.0. The molecule has 1 fully saturated rings. The number of aromatic amines is 1. The maximum absolute atomic E-state index is 13.1. The quantitative estimate of drug-likeness (QED) is 0.585. The summed E-state index contributed by atoms with van der Waals surface area (Å²) in [4.78, 5) is 24.8. The van der Waals surface area contributed by atoms with Gasteiger partial charge in [-0.05, 0) is 57.5 Å². The number of carbonyl (C=O) groups is 1. The third-order valence-corrected chi connectivity index (χ3v) is 5.79. The largest absolute Gasteiger partial charge is 0.380 e. The summed E-state index contributed by atoms with van der Waals surface area (Å²) in [6.07, 6.45) is 4.61. The first-order valence-corrected chi connectivity index (χ1v) is 12.5. The molecule has 0 bridgehead atoms. The number of allylic oxidation sites excluding steroid dienone is 1. The molecule has 3 heterocycles. The highest BCUT2D eigenvalue weighted by atomic mass is 32.2. The van der Waals surface area contributed by atoms with E-state index in [1.54, 1.807) is 25.3 Å². The third kappa shape index (κ3) is 6.03. The van der Waals surface area contributed by atoms with E-state index in [2.05, 4.69) is 38.8 Å². The molecule has 0 aliphatic carbocycles. The van der Waals surface area contributed by atoms with Gasteiger partial charge in [-0.2, -0.15) is 0 Å². The number of carbonyl (C=O) groups excluding carboxylic acids is 1. The van der Waals surface area contributed by atoms with Crippen LogP contribution < -0.4 is 14.9 Å². The number of nitrogens with one attached hydrogen (secondary N) is 3. The number of pyridine rings is 1. The van der Waals surface area contributed by atoms with Gasteiger partial charge in [0, 0.05) is 49.8 Å². The first kappa shape index (κ1) is 23.6. The van der Waals surface area contributed by atoms with Crippen LogP contribution in [-0.2, 0) is 10.0 Å². The molecule has 0 radical (unpaired) electrons. The summed E-state index contributed by atoms with van der Waals surface area (Å²) in [6.45, 7) is 10.3. The van der Waals surface area contributed by atoms with E-state index < -0.39 is 10.0 Å². The SMILES string of the molecule is C/C(=C\c1cc(C(=O)N2CCN(c3ncccc3NC(C)C)CC2)[nH]c1C)NS(C)(=O)=O. The lowest BCUT2D eigenvalue weighted by Crippen LogP contribution is -2.49. The van der Waals surface area contributed by atoms with Gasteiger partial charge in [-0.3, -0.25) is 9.52 Å². The minimum atomic E-state index is -3.34. The molecule has 2 aromatic heterocycles. The molecule has 2 aromatic rings. The second-order valence-corrected chi connectivity index (χ2v) is 10.2. The second kappa shape index (κ2) is 9.64. The van der Waals surface area contributed by atoms with Crippen molar-refractivity contribution in [2.45, 2.75) is 33.7 Å². The fraction of sp³-hybridized carbons (Fsp3) is 0.455. The van der Waals surface area contributed by atoms with Crippen molar-refractivity contribution >= 4 is 33.5 Å². The lowest BCUT2D eigenvalue weighted by atomic mass is 10.2. The average molecular weight is 461 g/mol. The van der Waals surface area contributed by atoms with Crippen LogP contribution >= 0.6 is 0 Å². The fourth-order valence-electron chi connectivity index (χ4n) is 3.76. The number of anilines is 2. The second-order valence-electron chi connectivity index (χ2n) is 8.42. The molecule has 0 saturated carbocycles. The van der Waals surface area contributed by atoms with E-state index in [0.717, 1.165) is 29.0 Å². The molecule has 3 N–H and O–H groups in total. The third-order valence-electron chi connectivity index (χ3n) is 5.10. The van der Waals surface area contributed by atoms with E-state index in [0.29, 0.717) is 43.6 Å². The summed E-state index contributed by atoms with van der Waals surface area (Å²) in [5.74, 6) is 0.841. The number of aromatic nitrogens is 2. The monoisotopic (exact) mass is 460 g/mol. The predicted octanol–water partition coefficient (Wildman–Crippen LogP) is 2.41. The molecule has 1 aliphatic rings. The summed E-state index contributed by atoms with van der Waals surface area (Å²) in [5.41, 5.74) is 3.56. The van der Waals surface area contributed by atoms with E-state index in [4.69, 9.17) is 0 Å². The van der Waals surface area contributed by atoms with Gasteiger partial charge < -0.3 is 20.1 Å². The van der Waals surface area contributed by atoms with Crippen molar-refractivity contribution in [1.82, 2.24) is 19.6 Å². The maximum Gasteiger partial charge on any atom is 0.270 e. The molecule has 1 amide bonds. The molecule has 9 nitrogen and oxygen atoms in total. The molecule has 174 valence electrons. The molecule has 0 aromatic carbocycles. The van der Waals surface area contributed by atoms with Crippen molar-refractivity contribution in [1.29, 1.82) is 0 Å². The lowest BCUT2D eigenvalue weighted by Gasteiger charge is -2.36. The van der Waals surface area contributed by atoms with Crippen LogP contribution in [0.5, 0.6) is 0 Å². The average Bonchev–Trinajstić information content (AvgIpc) is 3.06.